The Bertz CT molecular complexity index is 376. The van der Waals surface area contributed by atoms with E-state index in [0.29, 0.717) is 5.41 Å². The van der Waals surface area contributed by atoms with E-state index < -0.39 is 5.41 Å². The summed E-state index contributed by atoms with van der Waals surface area (Å²) in [6.45, 7) is 4.60. The van der Waals surface area contributed by atoms with Gasteiger partial charge in [0, 0.05) is 6.04 Å². The summed E-state index contributed by atoms with van der Waals surface area (Å²) >= 11 is 0. The molecule has 1 N–H and O–H groups in total. The number of amides is 1. The first-order valence-corrected chi connectivity index (χ1v) is 8.20. The van der Waals surface area contributed by atoms with Crippen LogP contribution in [0.3, 0.4) is 0 Å². The summed E-state index contributed by atoms with van der Waals surface area (Å²) in [5.41, 5.74) is -0.333. The molecule has 0 aromatic heterocycles. The number of nitriles is 1. The molecular weight excluding hydrogens is 248 g/mol. The van der Waals surface area contributed by atoms with Crippen molar-refractivity contribution in [1.29, 1.82) is 5.26 Å². The van der Waals surface area contributed by atoms with Crippen molar-refractivity contribution in [3.63, 3.8) is 0 Å². The van der Waals surface area contributed by atoms with Crippen molar-refractivity contribution >= 4 is 5.91 Å². The fourth-order valence-corrected chi connectivity index (χ4v) is 3.59. The lowest BCUT2D eigenvalue weighted by molar-refractivity contribution is -0.130. The molecule has 3 heteroatoms. The summed E-state index contributed by atoms with van der Waals surface area (Å²) in [5, 5.41) is 12.7. The fourth-order valence-electron chi connectivity index (χ4n) is 3.59. The zero-order valence-corrected chi connectivity index (χ0v) is 13.0. The molecule has 0 heterocycles. The van der Waals surface area contributed by atoms with Gasteiger partial charge in [0.15, 0.2) is 0 Å². The molecule has 0 spiro atoms. The van der Waals surface area contributed by atoms with Crippen molar-refractivity contribution in [3.8, 4) is 6.07 Å². The van der Waals surface area contributed by atoms with Crippen LogP contribution in [0.4, 0.5) is 0 Å². The molecular formula is C17H28N2O. The van der Waals surface area contributed by atoms with Crippen molar-refractivity contribution in [3.05, 3.63) is 0 Å². The van der Waals surface area contributed by atoms with E-state index in [9.17, 15) is 10.1 Å². The van der Waals surface area contributed by atoms with Crippen molar-refractivity contribution in [2.45, 2.75) is 84.1 Å². The van der Waals surface area contributed by atoms with E-state index in [1.165, 1.54) is 0 Å². The van der Waals surface area contributed by atoms with Crippen LogP contribution in [-0.4, -0.2) is 11.9 Å². The maximum atomic E-state index is 12.6. The molecule has 1 amide bonds. The Hall–Kier alpha value is -1.04. The van der Waals surface area contributed by atoms with Gasteiger partial charge in [-0.3, -0.25) is 4.79 Å². The average Bonchev–Trinajstić information content (AvgIpc) is 2.67. The van der Waals surface area contributed by atoms with E-state index in [1.807, 2.05) is 0 Å². The van der Waals surface area contributed by atoms with Gasteiger partial charge >= 0.3 is 0 Å². The van der Waals surface area contributed by atoms with Gasteiger partial charge in [-0.25, -0.2) is 0 Å². The van der Waals surface area contributed by atoms with Crippen LogP contribution in [0.1, 0.15) is 78.1 Å². The highest BCUT2D eigenvalue weighted by Crippen LogP contribution is 2.37. The summed E-state index contributed by atoms with van der Waals surface area (Å²) in [6.07, 6.45) is 10.3. The third-order valence-electron chi connectivity index (χ3n) is 5.28. The number of nitrogens with one attached hydrogen (secondary N) is 1. The van der Waals surface area contributed by atoms with Crippen molar-refractivity contribution in [2.75, 3.05) is 0 Å². The maximum Gasteiger partial charge on any atom is 0.240 e. The number of nitrogens with zero attached hydrogens (tertiary/aromatic N) is 1. The summed E-state index contributed by atoms with van der Waals surface area (Å²) in [6, 6.07) is 2.63. The highest BCUT2D eigenvalue weighted by molar-refractivity contribution is 5.85. The minimum Gasteiger partial charge on any atom is -0.352 e. The van der Waals surface area contributed by atoms with Crippen LogP contribution in [0, 0.1) is 22.2 Å². The molecule has 2 aliphatic rings. The Kier molecular flexibility index (Phi) is 4.73. The molecule has 0 aromatic carbocycles. The minimum atomic E-state index is -0.747. The van der Waals surface area contributed by atoms with Gasteiger partial charge in [0.2, 0.25) is 5.91 Å². The highest BCUT2D eigenvalue weighted by Gasteiger charge is 2.40. The van der Waals surface area contributed by atoms with Crippen molar-refractivity contribution in [2.24, 2.45) is 10.8 Å². The first-order valence-electron chi connectivity index (χ1n) is 8.20. The minimum absolute atomic E-state index is 0.00612. The molecule has 0 aliphatic heterocycles. The van der Waals surface area contributed by atoms with Crippen LogP contribution in [0.2, 0.25) is 0 Å². The maximum absolute atomic E-state index is 12.6. The van der Waals surface area contributed by atoms with Crippen LogP contribution < -0.4 is 5.32 Å². The molecule has 0 aromatic rings. The molecule has 0 atom stereocenters. The van der Waals surface area contributed by atoms with E-state index in [1.54, 1.807) is 0 Å². The normalized spacial score (nSPS) is 26.2. The molecule has 0 unspecified atom stereocenters. The second-order valence-corrected chi connectivity index (χ2v) is 7.52. The number of hydrogen-bond donors (Lipinski definition) is 1. The zero-order valence-electron chi connectivity index (χ0n) is 13.0. The van der Waals surface area contributed by atoms with E-state index in [0.717, 1.165) is 64.2 Å². The van der Waals surface area contributed by atoms with Gasteiger partial charge in [-0.15, -0.1) is 0 Å². The average molecular weight is 276 g/mol. The molecule has 20 heavy (non-hydrogen) atoms. The molecule has 2 aliphatic carbocycles. The lowest BCUT2D eigenvalue weighted by atomic mass is 9.75. The smallest absolute Gasteiger partial charge is 0.240 e. The SMILES string of the molecule is CC1(C)CCC(NC(=O)C2(C#N)CCCCCC2)CC1. The topological polar surface area (TPSA) is 52.9 Å². The van der Waals surface area contributed by atoms with Crippen LogP contribution >= 0.6 is 0 Å². The second-order valence-electron chi connectivity index (χ2n) is 7.52. The Morgan fingerprint density at radius 1 is 1.05 bits per heavy atom. The van der Waals surface area contributed by atoms with Gasteiger partial charge in [-0.2, -0.15) is 5.26 Å². The monoisotopic (exact) mass is 276 g/mol. The van der Waals surface area contributed by atoms with Crippen LogP contribution in [0.25, 0.3) is 0 Å². The molecule has 0 saturated heterocycles. The van der Waals surface area contributed by atoms with E-state index in [-0.39, 0.29) is 11.9 Å². The molecule has 2 fully saturated rings. The lowest BCUT2D eigenvalue weighted by Crippen LogP contribution is -2.46. The Labute approximate surface area is 123 Å². The summed E-state index contributed by atoms with van der Waals surface area (Å²) < 4.78 is 0. The molecule has 0 radical (unpaired) electrons. The standard InChI is InChI=1S/C17H28N2O/c1-16(2)11-7-14(8-12-16)19-15(20)17(13-18)9-5-3-4-6-10-17/h14H,3-12H2,1-2H3,(H,19,20). The first-order chi connectivity index (χ1) is 9.47. The molecule has 3 nitrogen and oxygen atoms in total. The van der Waals surface area contributed by atoms with Gasteiger partial charge in [0.05, 0.1) is 6.07 Å². The third kappa shape index (κ3) is 3.53. The molecule has 112 valence electrons. The van der Waals surface area contributed by atoms with Crippen molar-refractivity contribution in [1.82, 2.24) is 5.32 Å². The van der Waals surface area contributed by atoms with Gasteiger partial charge in [-0.1, -0.05) is 39.5 Å². The number of carbonyl (C=O) groups excluding carboxylic acids is 1. The third-order valence-corrected chi connectivity index (χ3v) is 5.28. The Balaban J connectivity index is 1.94. The zero-order chi connectivity index (χ0) is 14.6. The fraction of sp³-hybridized carbons (Fsp3) is 0.882. The first kappa shape index (κ1) is 15.4. The quantitative estimate of drug-likeness (QED) is 0.777. The van der Waals surface area contributed by atoms with Gasteiger partial charge < -0.3 is 5.32 Å². The van der Waals surface area contributed by atoms with E-state index in [4.69, 9.17) is 0 Å². The van der Waals surface area contributed by atoms with Gasteiger partial charge in [-0.05, 0) is 43.9 Å². The summed E-state index contributed by atoms with van der Waals surface area (Å²) in [4.78, 5) is 12.6. The van der Waals surface area contributed by atoms with Gasteiger partial charge in [0.1, 0.15) is 5.41 Å². The van der Waals surface area contributed by atoms with E-state index >= 15 is 0 Å². The summed E-state index contributed by atoms with van der Waals surface area (Å²) in [7, 11) is 0. The molecule has 0 bridgehead atoms. The number of carbonyl (C=O) groups is 1. The van der Waals surface area contributed by atoms with E-state index in [2.05, 4.69) is 25.2 Å². The highest BCUT2D eigenvalue weighted by atomic mass is 16.2. The van der Waals surface area contributed by atoms with Crippen molar-refractivity contribution < 1.29 is 4.79 Å². The molecule has 2 rings (SSSR count). The number of rotatable bonds is 2. The second kappa shape index (κ2) is 6.16. The van der Waals surface area contributed by atoms with Crippen LogP contribution in [0.15, 0.2) is 0 Å². The van der Waals surface area contributed by atoms with Crippen LogP contribution in [-0.2, 0) is 4.79 Å². The predicted octanol–water partition coefficient (Wildman–Crippen LogP) is 3.94. The Morgan fingerprint density at radius 3 is 2.10 bits per heavy atom. The van der Waals surface area contributed by atoms with Gasteiger partial charge in [0.25, 0.3) is 0 Å². The number of hydrogen-bond acceptors (Lipinski definition) is 2. The Morgan fingerprint density at radius 2 is 1.60 bits per heavy atom. The molecule has 2 saturated carbocycles. The lowest BCUT2D eigenvalue weighted by Gasteiger charge is -2.36. The van der Waals surface area contributed by atoms with Crippen LogP contribution in [0.5, 0.6) is 0 Å². The predicted molar refractivity (Wildman–Crippen MR) is 79.9 cm³/mol. The largest absolute Gasteiger partial charge is 0.352 e. The summed E-state index contributed by atoms with van der Waals surface area (Å²) in [5.74, 6) is 0.00612.